The molecule has 3 aromatic carbocycles. The number of carbonyl (C=O) groups excluding carboxylic acids is 2. The summed E-state index contributed by atoms with van der Waals surface area (Å²) in [5.74, 6) is 2.69. The smallest absolute Gasteiger partial charge is 0.324 e. The number of hydrogen-bond acceptors (Lipinski definition) is 6. The lowest BCUT2D eigenvalue weighted by atomic mass is 9.92. The Kier molecular flexibility index (Phi) is 8.38. The molecule has 3 N–H and O–H groups in total. The van der Waals surface area contributed by atoms with E-state index in [-0.39, 0.29) is 11.4 Å². The van der Waals surface area contributed by atoms with Crippen LogP contribution >= 0.6 is 0 Å². The molecule has 0 spiro atoms. The van der Waals surface area contributed by atoms with Crippen LogP contribution in [-0.2, 0) is 5.41 Å². The van der Waals surface area contributed by atoms with Crippen LogP contribution < -0.4 is 25.4 Å². The summed E-state index contributed by atoms with van der Waals surface area (Å²) in [7, 11) is 4.91. The predicted octanol–water partition coefficient (Wildman–Crippen LogP) is 7.26. The highest BCUT2D eigenvalue weighted by Crippen LogP contribution is 2.35. The van der Waals surface area contributed by atoms with Crippen LogP contribution in [0.15, 0.2) is 85.1 Å². The molecule has 0 radical (unpaired) electrons. The molecule has 0 fully saturated rings. The largest absolute Gasteiger partial charge is 0.497 e. The molecule has 11 nitrogen and oxygen atoms in total. The Morgan fingerprint density at radius 3 is 2.25 bits per heavy atom. The van der Waals surface area contributed by atoms with Gasteiger partial charge in [0.2, 0.25) is 0 Å². The van der Waals surface area contributed by atoms with Crippen molar-refractivity contribution in [3.05, 3.63) is 90.8 Å². The fraction of sp³-hybridized carbons (Fsp3) is 0.212. The summed E-state index contributed by atoms with van der Waals surface area (Å²) in [6.45, 7) is 6.21. The first-order valence-electron chi connectivity index (χ1n) is 14.0. The monoisotopic (exact) mass is 593 g/mol. The van der Waals surface area contributed by atoms with E-state index in [1.807, 2.05) is 54.6 Å². The van der Waals surface area contributed by atoms with Gasteiger partial charge in [-0.1, -0.05) is 45.0 Å². The van der Waals surface area contributed by atoms with E-state index in [4.69, 9.17) is 14.6 Å². The van der Waals surface area contributed by atoms with Gasteiger partial charge in [0.25, 0.3) is 0 Å². The van der Waals surface area contributed by atoms with Gasteiger partial charge in [-0.25, -0.2) is 19.3 Å². The van der Waals surface area contributed by atoms with Crippen molar-refractivity contribution in [2.75, 3.05) is 37.2 Å². The summed E-state index contributed by atoms with van der Waals surface area (Å²) in [6, 6.07) is 23.2. The number of urea groups is 2. The molecule has 44 heavy (non-hydrogen) atoms. The van der Waals surface area contributed by atoms with Crippen molar-refractivity contribution in [1.29, 1.82) is 0 Å². The van der Waals surface area contributed by atoms with Gasteiger partial charge in [0.1, 0.15) is 28.9 Å². The summed E-state index contributed by atoms with van der Waals surface area (Å²) in [5, 5.41) is 15.0. The van der Waals surface area contributed by atoms with E-state index >= 15 is 0 Å². The molecule has 0 unspecified atom stereocenters. The van der Waals surface area contributed by atoms with Gasteiger partial charge in [0, 0.05) is 48.6 Å². The van der Waals surface area contributed by atoms with Gasteiger partial charge in [0.15, 0.2) is 0 Å². The van der Waals surface area contributed by atoms with Crippen molar-refractivity contribution in [3.8, 4) is 22.9 Å². The van der Waals surface area contributed by atoms with Gasteiger partial charge >= 0.3 is 12.1 Å². The zero-order valence-electron chi connectivity index (χ0n) is 25.5. The van der Waals surface area contributed by atoms with E-state index < -0.39 is 6.03 Å². The molecule has 0 aliphatic carbocycles. The minimum atomic E-state index is -0.422. The summed E-state index contributed by atoms with van der Waals surface area (Å²) < 4.78 is 13.2. The van der Waals surface area contributed by atoms with Gasteiger partial charge < -0.3 is 19.7 Å². The summed E-state index contributed by atoms with van der Waals surface area (Å²) >= 11 is 0. The number of anilines is 3. The fourth-order valence-corrected chi connectivity index (χ4v) is 4.39. The SMILES string of the molecule is COc1ccc(-n2nc(C(C)(C)C)cc2NC(=O)Nc2ccc(Oc3ccnc(NC(=O)N(C)C)c3)c3ccccc23)cc1. The van der Waals surface area contributed by atoms with Crippen molar-refractivity contribution in [2.24, 2.45) is 0 Å². The first-order chi connectivity index (χ1) is 21.0. The third-order valence-corrected chi connectivity index (χ3v) is 6.77. The first kappa shape index (κ1) is 29.9. The Hall–Kier alpha value is -5.58. The number of fused-ring (bicyclic) bond motifs is 1. The Bertz CT molecular complexity index is 1810. The lowest BCUT2D eigenvalue weighted by Crippen LogP contribution is -2.27. The average Bonchev–Trinajstić information content (AvgIpc) is 3.43. The number of pyridine rings is 1. The summed E-state index contributed by atoms with van der Waals surface area (Å²) in [4.78, 5) is 31.0. The number of methoxy groups -OCH3 is 1. The molecule has 0 aliphatic rings. The van der Waals surface area contributed by atoms with Crippen LogP contribution in [0.2, 0.25) is 0 Å². The van der Waals surface area contributed by atoms with Crippen LogP contribution in [0.25, 0.3) is 16.5 Å². The minimum Gasteiger partial charge on any atom is -0.497 e. The van der Waals surface area contributed by atoms with Crippen molar-refractivity contribution in [3.63, 3.8) is 0 Å². The maximum atomic E-state index is 13.4. The molecular formula is C33H35N7O4. The molecule has 5 rings (SSSR count). The van der Waals surface area contributed by atoms with Gasteiger partial charge in [0.05, 0.1) is 24.2 Å². The zero-order chi connectivity index (χ0) is 31.4. The number of amides is 4. The van der Waals surface area contributed by atoms with E-state index in [1.165, 1.54) is 4.90 Å². The molecule has 11 heteroatoms. The molecule has 0 atom stereocenters. The number of aromatic nitrogens is 3. The standard InChI is InChI=1S/C33H35N7O4/c1-33(2,3)28-20-30(40(38-28)21-11-13-22(43-6)14-12-21)37-31(41)35-26-15-16-27(25-10-8-7-9-24(25)26)44-23-17-18-34-29(19-23)36-32(42)39(4)5/h7-20H,1-6H3,(H,34,36,42)(H2,35,37,41). The first-order valence-corrected chi connectivity index (χ1v) is 14.0. The topological polar surface area (TPSA) is 123 Å². The predicted molar refractivity (Wildman–Crippen MR) is 172 cm³/mol. The molecule has 2 heterocycles. The molecular weight excluding hydrogens is 558 g/mol. The van der Waals surface area contributed by atoms with E-state index in [1.54, 1.807) is 56.3 Å². The van der Waals surface area contributed by atoms with Crippen molar-refractivity contribution in [2.45, 2.75) is 26.2 Å². The Balaban J connectivity index is 1.39. The van der Waals surface area contributed by atoms with Crippen LogP contribution in [0, 0.1) is 0 Å². The highest BCUT2D eigenvalue weighted by atomic mass is 16.5. The van der Waals surface area contributed by atoms with E-state index in [9.17, 15) is 9.59 Å². The fourth-order valence-electron chi connectivity index (χ4n) is 4.39. The van der Waals surface area contributed by atoms with Gasteiger partial charge in [-0.15, -0.1) is 0 Å². The molecule has 0 saturated carbocycles. The number of hydrogen-bond donors (Lipinski definition) is 3. The van der Waals surface area contributed by atoms with Crippen molar-refractivity contribution >= 4 is 40.2 Å². The maximum Gasteiger partial charge on any atom is 0.324 e. The van der Waals surface area contributed by atoms with E-state index in [0.29, 0.717) is 28.8 Å². The Morgan fingerprint density at radius 2 is 1.57 bits per heavy atom. The highest BCUT2D eigenvalue weighted by molar-refractivity contribution is 6.07. The molecule has 226 valence electrons. The van der Waals surface area contributed by atoms with Crippen LogP contribution in [-0.4, -0.2) is 52.9 Å². The Labute approximate surface area is 255 Å². The third-order valence-electron chi connectivity index (χ3n) is 6.77. The molecule has 0 bridgehead atoms. The zero-order valence-corrected chi connectivity index (χ0v) is 25.5. The Morgan fingerprint density at radius 1 is 0.841 bits per heavy atom. The molecule has 2 aromatic heterocycles. The van der Waals surface area contributed by atoms with Crippen molar-refractivity contribution in [1.82, 2.24) is 19.7 Å². The minimum absolute atomic E-state index is 0.232. The number of ether oxygens (including phenoxy) is 2. The summed E-state index contributed by atoms with van der Waals surface area (Å²) in [5.41, 5.74) is 1.98. The lowest BCUT2D eigenvalue weighted by molar-refractivity contribution is 0.230. The third kappa shape index (κ3) is 6.73. The van der Waals surface area contributed by atoms with Crippen molar-refractivity contribution < 1.29 is 19.1 Å². The number of benzene rings is 3. The quantitative estimate of drug-likeness (QED) is 0.183. The normalized spacial score (nSPS) is 11.1. The average molecular weight is 594 g/mol. The van der Waals surface area contributed by atoms with Crippen LogP contribution in [0.4, 0.5) is 26.9 Å². The lowest BCUT2D eigenvalue weighted by Gasteiger charge is -2.15. The number of rotatable bonds is 7. The number of carbonyl (C=O) groups is 2. The number of nitrogens with zero attached hydrogens (tertiary/aromatic N) is 4. The second kappa shape index (κ2) is 12.3. The van der Waals surface area contributed by atoms with Gasteiger partial charge in [-0.2, -0.15) is 5.10 Å². The second-order valence-corrected chi connectivity index (χ2v) is 11.3. The van der Waals surface area contributed by atoms with Crippen LogP contribution in [0.3, 0.4) is 0 Å². The molecule has 4 amide bonds. The summed E-state index contributed by atoms with van der Waals surface area (Å²) in [6.07, 6.45) is 1.56. The van der Waals surface area contributed by atoms with E-state index in [0.717, 1.165) is 27.9 Å². The van der Waals surface area contributed by atoms with Gasteiger partial charge in [-0.3, -0.25) is 10.6 Å². The van der Waals surface area contributed by atoms with E-state index in [2.05, 4.69) is 41.7 Å². The second-order valence-electron chi connectivity index (χ2n) is 11.3. The number of nitrogens with one attached hydrogen (secondary N) is 3. The molecule has 5 aromatic rings. The molecule has 0 aliphatic heterocycles. The van der Waals surface area contributed by atoms with Crippen LogP contribution in [0.5, 0.6) is 17.2 Å². The maximum absolute atomic E-state index is 13.4. The highest BCUT2D eigenvalue weighted by Gasteiger charge is 2.22. The van der Waals surface area contributed by atoms with Gasteiger partial charge in [-0.05, 0) is 42.5 Å². The molecule has 0 saturated heterocycles. The van der Waals surface area contributed by atoms with Crippen LogP contribution in [0.1, 0.15) is 26.5 Å².